The zero-order valence-electron chi connectivity index (χ0n) is 14.3. The summed E-state index contributed by atoms with van der Waals surface area (Å²) in [5.74, 6) is 1.79. The second-order valence-electron chi connectivity index (χ2n) is 5.99. The molecule has 0 bridgehead atoms. The maximum absolute atomic E-state index is 12.3. The van der Waals surface area contributed by atoms with E-state index >= 15 is 0 Å². The molecule has 25 heavy (non-hydrogen) atoms. The van der Waals surface area contributed by atoms with E-state index in [0.717, 1.165) is 19.0 Å². The van der Waals surface area contributed by atoms with Crippen molar-refractivity contribution in [2.45, 2.75) is 0 Å². The third kappa shape index (κ3) is 4.42. The highest BCUT2D eigenvalue weighted by Crippen LogP contribution is 2.14. The van der Waals surface area contributed by atoms with Gasteiger partial charge in [0, 0.05) is 51.2 Å². The van der Waals surface area contributed by atoms with E-state index in [4.69, 9.17) is 0 Å². The first-order valence-corrected chi connectivity index (χ1v) is 9.46. The number of aromatic nitrogens is 2. The van der Waals surface area contributed by atoms with Gasteiger partial charge in [0.05, 0.1) is 11.5 Å². The van der Waals surface area contributed by atoms with Crippen LogP contribution < -0.4 is 4.90 Å². The van der Waals surface area contributed by atoms with Crippen LogP contribution >= 0.6 is 11.8 Å². The minimum Gasteiger partial charge on any atom is -0.339 e. The predicted molar refractivity (Wildman–Crippen MR) is 100 cm³/mol. The third-order valence-electron chi connectivity index (χ3n) is 4.27. The van der Waals surface area contributed by atoms with Gasteiger partial charge in [-0.1, -0.05) is 30.3 Å². The highest BCUT2D eigenvalue weighted by atomic mass is 32.2. The van der Waals surface area contributed by atoms with E-state index in [0.29, 0.717) is 30.2 Å². The van der Waals surface area contributed by atoms with Crippen LogP contribution in [0.5, 0.6) is 0 Å². The van der Waals surface area contributed by atoms with Gasteiger partial charge in [-0.05, 0) is 0 Å². The Morgan fingerprint density at radius 1 is 1.08 bits per heavy atom. The monoisotopic (exact) mass is 358 g/mol. The number of piperazine rings is 1. The number of imidazole rings is 1. The van der Waals surface area contributed by atoms with E-state index in [1.165, 1.54) is 11.8 Å². The molecular formula is C18H22N4O2S. The Morgan fingerprint density at radius 3 is 2.44 bits per heavy atom. The minimum absolute atomic E-state index is 0.0676. The fourth-order valence-corrected chi connectivity index (χ4v) is 3.66. The Bertz CT molecular complexity index is 724. The molecule has 7 heteroatoms. The lowest BCUT2D eigenvalue weighted by molar-refractivity contribution is -0.128. The smallest absolute Gasteiger partial charge is 0.232 e. The summed E-state index contributed by atoms with van der Waals surface area (Å²) in [4.78, 5) is 32.8. The maximum Gasteiger partial charge on any atom is 0.232 e. The van der Waals surface area contributed by atoms with E-state index in [1.807, 2.05) is 53.0 Å². The van der Waals surface area contributed by atoms with Crippen LogP contribution in [0.3, 0.4) is 0 Å². The van der Waals surface area contributed by atoms with Crippen LogP contribution in [0.4, 0.5) is 5.95 Å². The van der Waals surface area contributed by atoms with Gasteiger partial charge in [-0.15, -0.1) is 11.8 Å². The van der Waals surface area contributed by atoms with Crippen molar-refractivity contribution < 1.29 is 9.59 Å². The summed E-state index contributed by atoms with van der Waals surface area (Å²) < 4.78 is 1.99. The van der Waals surface area contributed by atoms with Gasteiger partial charge < -0.3 is 14.4 Å². The van der Waals surface area contributed by atoms with Gasteiger partial charge in [-0.3, -0.25) is 9.59 Å². The van der Waals surface area contributed by atoms with Crippen molar-refractivity contribution in [2.75, 3.05) is 42.6 Å². The van der Waals surface area contributed by atoms with Crippen molar-refractivity contribution in [1.29, 1.82) is 0 Å². The number of hydrogen-bond donors (Lipinski definition) is 0. The third-order valence-corrected chi connectivity index (χ3v) is 5.18. The molecule has 1 aromatic heterocycles. The fourth-order valence-electron chi connectivity index (χ4n) is 2.85. The molecular weight excluding hydrogens is 336 g/mol. The summed E-state index contributed by atoms with van der Waals surface area (Å²) in [6.07, 6.45) is 3.71. The van der Waals surface area contributed by atoms with Crippen molar-refractivity contribution in [2.24, 2.45) is 7.05 Å². The Balaban J connectivity index is 1.41. The van der Waals surface area contributed by atoms with Gasteiger partial charge in [0.1, 0.15) is 0 Å². The number of amides is 1. The number of rotatable bonds is 6. The van der Waals surface area contributed by atoms with Crippen LogP contribution in [0.1, 0.15) is 10.4 Å². The van der Waals surface area contributed by atoms with Crippen LogP contribution in [-0.2, 0) is 11.8 Å². The molecule has 1 saturated heterocycles. The molecule has 0 radical (unpaired) electrons. The summed E-state index contributed by atoms with van der Waals surface area (Å²) in [7, 11) is 1.97. The van der Waals surface area contributed by atoms with Crippen LogP contribution in [0.15, 0.2) is 42.7 Å². The Morgan fingerprint density at radius 2 is 1.80 bits per heavy atom. The number of nitrogens with zero attached hydrogens (tertiary/aromatic N) is 4. The topological polar surface area (TPSA) is 58.4 Å². The Labute approximate surface area is 151 Å². The van der Waals surface area contributed by atoms with E-state index < -0.39 is 0 Å². The van der Waals surface area contributed by atoms with Crippen molar-refractivity contribution in [3.8, 4) is 0 Å². The molecule has 6 nitrogen and oxygen atoms in total. The van der Waals surface area contributed by atoms with Gasteiger partial charge in [0.25, 0.3) is 0 Å². The van der Waals surface area contributed by atoms with E-state index in [1.54, 1.807) is 6.20 Å². The highest BCUT2D eigenvalue weighted by Gasteiger charge is 2.23. The number of ketones is 1. The normalized spacial score (nSPS) is 14.6. The van der Waals surface area contributed by atoms with Gasteiger partial charge in [-0.25, -0.2) is 4.98 Å². The number of thioether (sulfide) groups is 1. The quantitative estimate of drug-likeness (QED) is 0.736. The lowest BCUT2D eigenvalue weighted by Gasteiger charge is -2.35. The summed E-state index contributed by atoms with van der Waals surface area (Å²) in [5, 5.41) is 0. The first-order chi connectivity index (χ1) is 12.1. The second kappa shape index (κ2) is 8.20. The second-order valence-corrected chi connectivity index (χ2v) is 6.97. The lowest BCUT2D eigenvalue weighted by atomic mass is 10.2. The number of Topliss-reactive ketones (excluding diaryl/α,β-unsaturated/α-hetero) is 1. The molecule has 1 aliphatic rings. The molecule has 0 aliphatic carbocycles. The summed E-state index contributed by atoms with van der Waals surface area (Å²) >= 11 is 1.39. The maximum atomic E-state index is 12.3. The first kappa shape index (κ1) is 17.5. The molecule has 0 atom stereocenters. The molecule has 0 N–H and O–H groups in total. The zero-order valence-corrected chi connectivity index (χ0v) is 15.1. The molecule has 0 spiro atoms. The highest BCUT2D eigenvalue weighted by molar-refractivity contribution is 8.00. The van der Waals surface area contributed by atoms with Crippen LogP contribution in [0.25, 0.3) is 0 Å². The molecule has 0 unspecified atom stereocenters. The molecule has 132 valence electrons. The molecule has 1 aliphatic heterocycles. The van der Waals surface area contributed by atoms with Crippen molar-refractivity contribution >= 4 is 29.4 Å². The van der Waals surface area contributed by atoms with Crippen LogP contribution in [0.2, 0.25) is 0 Å². The molecule has 2 aromatic rings. The molecule has 2 heterocycles. The Hall–Kier alpha value is -2.28. The van der Waals surface area contributed by atoms with E-state index in [-0.39, 0.29) is 11.7 Å². The average molecular weight is 358 g/mol. The standard InChI is InChI=1S/C18H22N4O2S/c1-20-8-7-19-18(20)22-11-9-21(10-12-22)17(24)14-25-13-16(23)15-5-3-2-4-6-15/h2-8H,9-14H2,1H3. The van der Waals surface area contributed by atoms with Crippen molar-refractivity contribution in [3.63, 3.8) is 0 Å². The van der Waals surface area contributed by atoms with Gasteiger partial charge in [-0.2, -0.15) is 0 Å². The average Bonchev–Trinajstić information content (AvgIpc) is 3.08. The number of benzene rings is 1. The zero-order chi connectivity index (χ0) is 17.6. The summed E-state index contributed by atoms with van der Waals surface area (Å²) in [6, 6.07) is 9.20. The number of carbonyl (C=O) groups is 2. The molecule has 0 saturated carbocycles. The van der Waals surface area contributed by atoms with Crippen molar-refractivity contribution in [1.82, 2.24) is 14.5 Å². The number of carbonyl (C=O) groups excluding carboxylic acids is 2. The largest absolute Gasteiger partial charge is 0.339 e. The summed E-state index contributed by atoms with van der Waals surface area (Å²) in [5.41, 5.74) is 0.700. The van der Waals surface area contributed by atoms with Crippen LogP contribution in [0, 0.1) is 0 Å². The lowest BCUT2D eigenvalue weighted by Crippen LogP contribution is -2.50. The fraction of sp³-hybridized carbons (Fsp3) is 0.389. The number of anilines is 1. The van der Waals surface area contributed by atoms with Crippen LogP contribution in [-0.4, -0.2) is 63.8 Å². The van der Waals surface area contributed by atoms with Gasteiger partial charge in [0.15, 0.2) is 5.78 Å². The minimum atomic E-state index is 0.0676. The van der Waals surface area contributed by atoms with Crippen molar-refractivity contribution in [3.05, 3.63) is 48.3 Å². The molecule has 3 rings (SSSR count). The predicted octanol–water partition coefficient (Wildman–Crippen LogP) is 1.68. The summed E-state index contributed by atoms with van der Waals surface area (Å²) in [6.45, 7) is 2.95. The molecule has 1 amide bonds. The van der Waals surface area contributed by atoms with E-state index in [9.17, 15) is 9.59 Å². The Kier molecular flexibility index (Phi) is 5.75. The number of hydrogen-bond acceptors (Lipinski definition) is 5. The molecule has 1 fully saturated rings. The van der Waals surface area contributed by atoms with Gasteiger partial charge in [0.2, 0.25) is 11.9 Å². The first-order valence-electron chi connectivity index (χ1n) is 8.31. The van der Waals surface area contributed by atoms with E-state index in [2.05, 4.69) is 9.88 Å². The SMILES string of the molecule is Cn1ccnc1N1CCN(C(=O)CSCC(=O)c2ccccc2)CC1. The molecule has 1 aromatic carbocycles. The van der Waals surface area contributed by atoms with Gasteiger partial charge >= 0.3 is 0 Å². The number of aryl methyl sites for hydroxylation is 1.